The van der Waals surface area contributed by atoms with Crippen molar-refractivity contribution in [2.24, 2.45) is 0 Å². The van der Waals surface area contributed by atoms with Gasteiger partial charge in [-0.05, 0) is 16.7 Å². The average Bonchev–Trinajstić information content (AvgIpc) is 2.85. The van der Waals surface area contributed by atoms with Crippen LogP contribution in [0.3, 0.4) is 0 Å². The molecule has 4 aromatic rings. The summed E-state index contributed by atoms with van der Waals surface area (Å²) in [4.78, 5) is -2.12. The van der Waals surface area contributed by atoms with E-state index >= 15 is 8.78 Å². The van der Waals surface area contributed by atoms with Crippen LogP contribution in [0.15, 0.2) is 77.7 Å². The molecule has 0 aromatic heterocycles. The zero-order valence-electron chi connectivity index (χ0n) is 17.6. The van der Waals surface area contributed by atoms with Crippen LogP contribution in [0.5, 0.6) is 5.75 Å². The fourth-order valence-electron chi connectivity index (χ4n) is 5.37. The Bertz CT molecular complexity index is 1520. The highest BCUT2D eigenvalue weighted by Crippen LogP contribution is 2.59. The Hall–Kier alpha value is -3.69. The topological polar surface area (TPSA) is 63.6 Å². The molecule has 0 saturated heterocycles. The van der Waals surface area contributed by atoms with Gasteiger partial charge in [-0.2, -0.15) is 17.2 Å². The first-order chi connectivity index (χ1) is 16.7. The molecule has 0 unspecified atom stereocenters. The van der Waals surface area contributed by atoms with Crippen LogP contribution in [0.1, 0.15) is 39.3 Å². The average molecular weight is 498 g/mol. The van der Waals surface area contributed by atoms with Crippen LogP contribution in [0, 0.1) is 23.3 Å². The lowest BCUT2D eigenvalue weighted by atomic mass is 9.58. The predicted octanol–water partition coefficient (Wildman–Crippen LogP) is 5.67. The first-order valence-corrected chi connectivity index (χ1v) is 11.9. The van der Waals surface area contributed by atoms with Crippen molar-refractivity contribution < 1.29 is 35.3 Å². The summed E-state index contributed by atoms with van der Waals surface area (Å²) in [6, 6.07) is 21.2. The second-order valence-electron chi connectivity index (χ2n) is 8.37. The third-order valence-corrected chi connectivity index (χ3v) is 7.52. The molecule has 0 spiro atoms. The van der Waals surface area contributed by atoms with Crippen LogP contribution in [-0.2, 0) is 15.7 Å². The quantitative estimate of drug-likeness (QED) is 0.225. The third kappa shape index (κ3) is 2.73. The SMILES string of the molecule is O=S(=O)(O)c1c(F)c(F)c(OC23c4ccccc4C(c4ccccc42)c2ccccc23)c(F)c1F. The van der Waals surface area contributed by atoms with Gasteiger partial charge in [0.2, 0.25) is 11.6 Å². The van der Waals surface area contributed by atoms with Gasteiger partial charge in [-0.3, -0.25) is 4.55 Å². The van der Waals surface area contributed by atoms with Crippen molar-refractivity contribution in [3.05, 3.63) is 129 Å². The van der Waals surface area contributed by atoms with Gasteiger partial charge in [0, 0.05) is 22.6 Å². The molecule has 0 amide bonds. The van der Waals surface area contributed by atoms with Crippen molar-refractivity contribution >= 4 is 10.1 Å². The Labute approximate surface area is 197 Å². The smallest absolute Gasteiger partial charge is 0.300 e. The molecule has 0 atom stereocenters. The number of hydrogen-bond acceptors (Lipinski definition) is 3. The van der Waals surface area contributed by atoms with E-state index in [9.17, 15) is 17.2 Å². The van der Waals surface area contributed by atoms with Gasteiger partial charge < -0.3 is 4.74 Å². The van der Waals surface area contributed by atoms with Gasteiger partial charge in [-0.25, -0.2) is 8.78 Å². The molecule has 7 rings (SSSR count). The molecular formula is C26H14F4O4S. The summed E-state index contributed by atoms with van der Waals surface area (Å²) in [5.41, 5.74) is 2.27. The largest absolute Gasteiger partial charge is 0.467 e. The fraction of sp³-hybridized carbons (Fsp3) is 0.0769. The minimum atomic E-state index is -5.60. The maximum absolute atomic E-state index is 15.2. The summed E-state index contributed by atoms with van der Waals surface area (Å²) in [5.74, 6) is -10.4. The van der Waals surface area contributed by atoms with E-state index in [1.165, 1.54) is 0 Å². The summed E-state index contributed by atoms with van der Waals surface area (Å²) in [5, 5.41) is 0. The Morgan fingerprint density at radius 1 is 0.657 bits per heavy atom. The van der Waals surface area contributed by atoms with Crippen LogP contribution in [0.25, 0.3) is 0 Å². The molecule has 0 radical (unpaired) electrons. The summed E-state index contributed by atoms with van der Waals surface area (Å²) in [7, 11) is -5.60. The van der Waals surface area contributed by atoms with Gasteiger partial charge in [-0.1, -0.05) is 72.8 Å². The molecule has 3 aliphatic carbocycles. The maximum atomic E-state index is 15.2. The summed E-state index contributed by atoms with van der Waals surface area (Å²) >= 11 is 0. The fourth-order valence-corrected chi connectivity index (χ4v) is 6.00. The third-order valence-electron chi connectivity index (χ3n) is 6.65. The van der Waals surface area contributed by atoms with Crippen molar-refractivity contribution in [3.8, 4) is 5.75 Å². The van der Waals surface area contributed by atoms with Crippen LogP contribution in [0.2, 0.25) is 0 Å². The zero-order chi connectivity index (χ0) is 24.7. The highest BCUT2D eigenvalue weighted by atomic mass is 32.2. The Morgan fingerprint density at radius 2 is 1.03 bits per heavy atom. The molecule has 1 N–H and O–H groups in total. The van der Waals surface area contributed by atoms with E-state index in [0.29, 0.717) is 16.7 Å². The molecule has 9 heteroatoms. The standard InChI is InChI=1S/C26H14F4O4S/c27-20-22(29)25(35(31,32)33)23(30)21(28)24(20)34-26-16-10-4-1-7-13(16)19(14-8-2-5-11-17(14)26)15-9-3-6-12-18(15)26/h1-12,19H,(H,31,32,33). The molecule has 35 heavy (non-hydrogen) atoms. The Balaban J connectivity index is 1.72. The van der Waals surface area contributed by atoms with Crippen molar-refractivity contribution in [2.75, 3.05) is 0 Å². The van der Waals surface area contributed by atoms with Crippen LogP contribution in [0.4, 0.5) is 17.6 Å². The molecule has 0 fully saturated rings. The van der Waals surface area contributed by atoms with Gasteiger partial charge in [0.15, 0.2) is 27.9 Å². The normalized spacial score (nSPS) is 19.6. The van der Waals surface area contributed by atoms with Crippen LogP contribution in [-0.4, -0.2) is 13.0 Å². The lowest BCUT2D eigenvalue weighted by molar-refractivity contribution is 0.123. The summed E-state index contributed by atoms with van der Waals surface area (Å²) < 4.78 is 97.6. The maximum Gasteiger partial charge on any atom is 0.300 e. The van der Waals surface area contributed by atoms with Crippen molar-refractivity contribution in [1.82, 2.24) is 0 Å². The molecule has 2 bridgehead atoms. The molecule has 4 aromatic carbocycles. The highest BCUT2D eigenvalue weighted by Gasteiger charge is 2.54. The number of ether oxygens (including phenoxy) is 1. The van der Waals surface area contributed by atoms with Crippen LogP contribution >= 0.6 is 0 Å². The second kappa shape index (κ2) is 7.16. The number of halogens is 4. The zero-order valence-corrected chi connectivity index (χ0v) is 18.4. The van der Waals surface area contributed by atoms with Gasteiger partial charge in [0.1, 0.15) is 0 Å². The molecular weight excluding hydrogens is 484 g/mol. The molecule has 0 saturated carbocycles. The number of hydrogen-bond donors (Lipinski definition) is 1. The second-order valence-corrected chi connectivity index (χ2v) is 9.73. The first kappa shape index (κ1) is 21.8. The predicted molar refractivity (Wildman–Crippen MR) is 117 cm³/mol. The van der Waals surface area contributed by atoms with E-state index in [0.717, 1.165) is 16.7 Å². The van der Waals surface area contributed by atoms with Gasteiger partial charge in [0.25, 0.3) is 0 Å². The summed E-state index contributed by atoms with van der Waals surface area (Å²) in [6.45, 7) is 0. The minimum Gasteiger partial charge on any atom is -0.467 e. The molecule has 0 aliphatic heterocycles. The van der Waals surface area contributed by atoms with E-state index in [-0.39, 0.29) is 5.92 Å². The van der Waals surface area contributed by atoms with Crippen molar-refractivity contribution in [1.29, 1.82) is 0 Å². The van der Waals surface area contributed by atoms with E-state index < -0.39 is 49.6 Å². The van der Waals surface area contributed by atoms with E-state index in [1.54, 1.807) is 54.6 Å². The molecule has 0 heterocycles. The highest BCUT2D eigenvalue weighted by molar-refractivity contribution is 7.85. The van der Waals surface area contributed by atoms with E-state index in [4.69, 9.17) is 9.29 Å². The van der Waals surface area contributed by atoms with Crippen LogP contribution < -0.4 is 4.74 Å². The molecule has 3 aliphatic rings. The number of rotatable bonds is 3. The minimum absolute atomic E-state index is 0.200. The number of benzene rings is 4. The van der Waals surface area contributed by atoms with Gasteiger partial charge in [-0.15, -0.1) is 0 Å². The van der Waals surface area contributed by atoms with Crippen molar-refractivity contribution in [3.63, 3.8) is 0 Å². The Kier molecular flexibility index (Phi) is 4.46. The molecule has 176 valence electrons. The lowest BCUT2D eigenvalue weighted by Gasteiger charge is -2.50. The molecule has 4 nitrogen and oxygen atoms in total. The lowest BCUT2D eigenvalue weighted by Crippen LogP contribution is -2.46. The monoisotopic (exact) mass is 498 g/mol. The van der Waals surface area contributed by atoms with Gasteiger partial charge in [0.05, 0.1) is 0 Å². The van der Waals surface area contributed by atoms with E-state index in [1.807, 2.05) is 18.2 Å². The van der Waals surface area contributed by atoms with Crippen molar-refractivity contribution in [2.45, 2.75) is 16.4 Å². The Morgan fingerprint density at radius 3 is 1.40 bits per heavy atom. The first-order valence-electron chi connectivity index (χ1n) is 10.5. The van der Waals surface area contributed by atoms with Gasteiger partial charge >= 0.3 is 10.1 Å². The van der Waals surface area contributed by atoms with E-state index in [2.05, 4.69) is 0 Å². The summed E-state index contributed by atoms with van der Waals surface area (Å²) in [6.07, 6.45) is 0.